The maximum atomic E-state index is 12.7. The van der Waals surface area contributed by atoms with Crippen LogP contribution in [0.15, 0.2) is 42.5 Å². The molecule has 0 saturated carbocycles. The van der Waals surface area contributed by atoms with Crippen LogP contribution in [-0.4, -0.2) is 43.8 Å². The van der Waals surface area contributed by atoms with E-state index >= 15 is 0 Å². The summed E-state index contributed by atoms with van der Waals surface area (Å²) < 4.78 is 10.9. The zero-order valence-electron chi connectivity index (χ0n) is 14.4. The average molecular weight is 338 g/mol. The van der Waals surface area contributed by atoms with Gasteiger partial charge in [-0.3, -0.25) is 4.79 Å². The van der Waals surface area contributed by atoms with Crippen LogP contribution in [0.1, 0.15) is 11.1 Å². The summed E-state index contributed by atoms with van der Waals surface area (Å²) in [5.74, 6) is 1.59. The first kappa shape index (κ1) is 15.8. The van der Waals surface area contributed by atoms with Gasteiger partial charge in [0, 0.05) is 37.4 Å². The molecule has 2 heterocycles. The first-order valence-electron chi connectivity index (χ1n) is 8.67. The van der Waals surface area contributed by atoms with Gasteiger partial charge >= 0.3 is 0 Å². The third-order valence-corrected chi connectivity index (χ3v) is 4.82. The van der Waals surface area contributed by atoms with Crippen LogP contribution in [0.4, 0.5) is 5.69 Å². The SMILES string of the molecule is Cc1cccc(N2CCN(C(=O)Cc3cccc4c3OCO4)CC2)c1. The van der Waals surface area contributed by atoms with Crippen molar-refractivity contribution in [2.75, 3.05) is 37.9 Å². The summed E-state index contributed by atoms with van der Waals surface area (Å²) in [4.78, 5) is 17.0. The average Bonchev–Trinajstić information content (AvgIpc) is 3.12. The predicted molar refractivity (Wildman–Crippen MR) is 96.2 cm³/mol. The highest BCUT2D eigenvalue weighted by atomic mass is 16.7. The van der Waals surface area contributed by atoms with Crippen molar-refractivity contribution in [3.8, 4) is 11.5 Å². The molecule has 1 fully saturated rings. The molecule has 5 nitrogen and oxygen atoms in total. The number of hydrogen-bond donors (Lipinski definition) is 0. The summed E-state index contributed by atoms with van der Waals surface area (Å²) in [5.41, 5.74) is 3.40. The van der Waals surface area contributed by atoms with Gasteiger partial charge in [0.1, 0.15) is 0 Å². The molecule has 25 heavy (non-hydrogen) atoms. The van der Waals surface area contributed by atoms with Gasteiger partial charge < -0.3 is 19.3 Å². The molecule has 5 heteroatoms. The van der Waals surface area contributed by atoms with Crippen LogP contribution in [0.3, 0.4) is 0 Å². The number of hydrogen-bond acceptors (Lipinski definition) is 4. The molecule has 2 aromatic rings. The number of ether oxygens (including phenoxy) is 2. The Bertz CT molecular complexity index is 782. The molecule has 0 aliphatic carbocycles. The Morgan fingerprint density at radius 1 is 1.04 bits per heavy atom. The van der Waals surface area contributed by atoms with Crippen molar-refractivity contribution < 1.29 is 14.3 Å². The van der Waals surface area contributed by atoms with Crippen LogP contribution in [0.2, 0.25) is 0 Å². The van der Waals surface area contributed by atoms with Gasteiger partial charge in [-0.2, -0.15) is 0 Å². The van der Waals surface area contributed by atoms with E-state index in [0.29, 0.717) is 12.2 Å². The summed E-state index contributed by atoms with van der Waals surface area (Å²) in [7, 11) is 0. The second kappa shape index (κ2) is 6.67. The van der Waals surface area contributed by atoms with Crippen LogP contribution < -0.4 is 14.4 Å². The van der Waals surface area contributed by atoms with Gasteiger partial charge in [-0.1, -0.05) is 24.3 Å². The standard InChI is InChI=1S/C20H22N2O3/c1-15-4-2-6-17(12-15)21-8-10-22(11-9-21)19(23)13-16-5-3-7-18-20(16)25-14-24-18/h2-7,12H,8-11,13-14H2,1H3. The summed E-state index contributed by atoms with van der Waals surface area (Å²) in [6.45, 7) is 5.56. The van der Waals surface area contributed by atoms with Crippen molar-refractivity contribution in [3.05, 3.63) is 53.6 Å². The molecule has 0 aromatic heterocycles. The number of para-hydroxylation sites is 1. The summed E-state index contributed by atoms with van der Waals surface area (Å²) >= 11 is 0. The van der Waals surface area contributed by atoms with Crippen LogP contribution in [0, 0.1) is 6.92 Å². The molecule has 1 amide bonds. The second-order valence-electron chi connectivity index (χ2n) is 6.53. The van der Waals surface area contributed by atoms with Gasteiger partial charge in [-0.15, -0.1) is 0 Å². The molecule has 130 valence electrons. The fourth-order valence-corrected chi connectivity index (χ4v) is 3.44. The first-order valence-corrected chi connectivity index (χ1v) is 8.67. The van der Waals surface area contributed by atoms with Crippen molar-refractivity contribution in [1.29, 1.82) is 0 Å². The summed E-state index contributed by atoms with van der Waals surface area (Å²) in [6, 6.07) is 14.2. The van der Waals surface area contributed by atoms with E-state index in [0.717, 1.165) is 37.5 Å². The molecule has 0 spiro atoms. The maximum absolute atomic E-state index is 12.7. The summed E-state index contributed by atoms with van der Waals surface area (Å²) in [6.07, 6.45) is 0.358. The van der Waals surface area contributed by atoms with Crippen LogP contribution in [0.5, 0.6) is 11.5 Å². The number of nitrogens with zero attached hydrogens (tertiary/aromatic N) is 2. The van der Waals surface area contributed by atoms with E-state index in [2.05, 4.69) is 36.1 Å². The van der Waals surface area contributed by atoms with Crippen LogP contribution >= 0.6 is 0 Å². The van der Waals surface area contributed by atoms with E-state index in [1.54, 1.807) is 0 Å². The van der Waals surface area contributed by atoms with Crippen LogP contribution in [0.25, 0.3) is 0 Å². The van der Waals surface area contributed by atoms with Gasteiger partial charge in [-0.05, 0) is 30.7 Å². The lowest BCUT2D eigenvalue weighted by molar-refractivity contribution is -0.130. The normalized spacial score (nSPS) is 16.2. The smallest absolute Gasteiger partial charge is 0.231 e. The number of rotatable bonds is 3. The number of fused-ring (bicyclic) bond motifs is 1. The highest BCUT2D eigenvalue weighted by Gasteiger charge is 2.24. The Morgan fingerprint density at radius 2 is 1.84 bits per heavy atom. The van der Waals surface area contributed by atoms with Crippen molar-refractivity contribution in [2.24, 2.45) is 0 Å². The fraction of sp³-hybridized carbons (Fsp3) is 0.350. The molecule has 0 atom stereocenters. The van der Waals surface area contributed by atoms with E-state index in [1.165, 1.54) is 11.3 Å². The molecule has 0 radical (unpaired) electrons. The molecule has 2 aromatic carbocycles. The molecule has 1 saturated heterocycles. The maximum Gasteiger partial charge on any atom is 0.231 e. The third-order valence-electron chi connectivity index (χ3n) is 4.82. The lowest BCUT2D eigenvalue weighted by atomic mass is 10.1. The Morgan fingerprint density at radius 3 is 2.64 bits per heavy atom. The highest BCUT2D eigenvalue weighted by molar-refractivity contribution is 5.80. The molecular weight excluding hydrogens is 316 g/mol. The van der Waals surface area contributed by atoms with Gasteiger partial charge in [0.15, 0.2) is 11.5 Å². The predicted octanol–water partition coefficient (Wildman–Crippen LogP) is 2.62. The van der Waals surface area contributed by atoms with E-state index in [1.807, 2.05) is 23.1 Å². The molecule has 4 rings (SSSR count). The minimum Gasteiger partial charge on any atom is -0.454 e. The quantitative estimate of drug-likeness (QED) is 0.863. The zero-order valence-corrected chi connectivity index (χ0v) is 14.4. The number of carbonyl (C=O) groups is 1. The second-order valence-corrected chi connectivity index (χ2v) is 6.53. The van der Waals surface area contributed by atoms with Gasteiger partial charge in [0.05, 0.1) is 6.42 Å². The Kier molecular flexibility index (Phi) is 4.22. The number of aryl methyl sites for hydroxylation is 1. The van der Waals surface area contributed by atoms with E-state index < -0.39 is 0 Å². The van der Waals surface area contributed by atoms with Gasteiger partial charge in [-0.25, -0.2) is 0 Å². The Balaban J connectivity index is 1.38. The Hall–Kier alpha value is -2.69. The lowest BCUT2D eigenvalue weighted by Gasteiger charge is -2.36. The van der Waals surface area contributed by atoms with Gasteiger partial charge in [0.2, 0.25) is 12.7 Å². The number of piperazine rings is 1. The molecule has 2 aliphatic heterocycles. The van der Waals surface area contributed by atoms with E-state index in [9.17, 15) is 4.79 Å². The first-order chi connectivity index (χ1) is 12.2. The largest absolute Gasteiger partial charge is 0.454 e. The Labute approximate surface area is 147 Å². The lowest BCUT2D eigenvalue weighted by Crippen LogP contribution is -2.49. The third kappa shape index (κ3) is 3.27. The fourth-order valence-electron chi connectivity index (χ4n) is 3.44. The van der Waals surface area contributed by atoms with E-state index in [-0.39, 0.29) is 12.7 Å². The van der Waals surface area contributed by atoms with Crippen molar-refractivity contribution in [3.63, 3.8) is 0 Å². The summed E-state index contributed by atoms with van der Waals surface area (Å²) in [5, 5.41) is 0. The molecule has 0 bridgehead atoms. The van der Waals surface area contributed by atoms with Crippen molar-refractivity contribution in [1.82, 2.24) is 4.90 Å². The zero-order chi connectivity index (χ0) is 17.2. The molecule has 0 unspecified atom stereocenters. The number of amides is 1. The molecular formula is C20H22N2O3. The molecule has 2 aliphatic rings. The minimum absolute atomic E-state index is 0.146. The van der Waals surface area contributed by atoms with Crippen molar-refractivity contribution in [2.45, 2.75) is 13.3 Å². The highest BCUT2D eigenvalue weighted by Crippen LogP contribution is 2.35. The number of benzene rings is 2. The number of carbonyl (C=O) groups excluding carboxylic acids is 1. The number of anilines is 1. The van der Waals surface area contributed by atoms with E-state index in [4.69, 9.17) is 9.47 Å². The monoisotopic (exact) mass is 338 g/mol. The minimum atomic E-state index is 0.146. The van der Waals surface area contributed by atoms with Crippen LogP contribution in [-0.2, 0) is 11.2 Å². The van der Waals surface area contributed by atoms with Gasteiger partial charge in [0.25, 0.3) is 0 Å². The molecule has 0 N–H and O–H groups in total. The van der Waals surface area contributed by atoms with Crippen molar-refractivity contribution >= 4 is 11.6 Å². The topological polar surface area (TPSA) is 42.0 Å².